The molecule has 0 saturated heterocycles. The van der Waals surface area contributed by atoms with Crippen LogP contribution in [0.4, 0.5) is 0 Å². The molecule has 0 unspecified atom stereocenters. The normalized spacial score (nSPS) is 16.2. The van der Waals surface area contributed by atoms with Crippen molar-refractivity contribution in [3.8, 4) is 5.75 Å². The van der Waals surface area contributed by atoms with E-state index in [1.165, 1.54) is 22.3 Å². The highest BCUT2D eigenvalue weighted by Gasteiger charge is 2.20. The summed E-state index contributed by atoms with van der Waals surface area (Å²) in [5.74, 6) is 0.374. The van der Waals surface area contributed by atoms with E-state index in [4.69, 9.17) is 0 Å². The Balaban J connectivity index is 2.11. The number of benzene rings is 2. The van der Waals surface area contributed by atoms with Gasteiger partial charge in [-0.05, 0) is 40.1 Å². The van der Waals surface area contributed by atoms with Gasteiger partial charge in [0.2, 0.25) is 0 Å². The molecule has 2 aliphatic rings. The monoisotopic (exact) mass is 232 g/mol. The van der Waals surface area contributed by atoms with Gasteiger partial charge >= 0.3 is 0 Å². The van der Waals surface area contributed by atoms with Crippen molar-refractivity contribution in [3.63, 3.8) is 0 Å². The zero-order valence-electron chi connectivity index (χ0n) is 9.85. The van der Waals surface area contributed by atoms with Gasteiger partial charge in [0, 0.05) is 5.39 Å². The van der Waals surface area contributed by atoms with Crippen LogP contribution in [0.15, 0.2) is 60.2 Å². The van der Waals surface area contributed by atoms with Crippen molar-refractivity contribution in [2.75, 3.05) is 0 Å². The molecule has 18 heavy (non-hydrogen) atoms. The Kier molecular flexibility index (Phi) is 1.81. The third-order valence-electron chi connectivity index (χ3n) is 3.80. The van der Waals surface area contributed by atoms with Gasteiger partial charge in [0.1, 0.15) is 5.75 Å². The van der Waals surface area contributed by atoms with E-state index in [1.54, 1.807) is 0 Å². The number of fused-ring (bicyclic) bond motifs is 5. The molecule has 0 bridgehead atoms. The Hall–Kier alpha value is -2.28. The summed E-state index contributed by atoms with van der Waals surface area (Å²) in [7, 11) is 0. The lowest BCUT2D eigenvalue weighted by molar-refractivity contribution is 0.481. The molecule has 4 rings (SSSR count). The highest BCUT2D eigenvalue weighted by atomic mass is 16.3. The SMILES string of the molecule is Oc1cc2c(c3ccccc13)CC=C1C=CC=C12. The largest absolute Gasteiger partial charge is 0.507 e. The zero-order chi connectivity index (χ0) is 12.1. The van der Waals surface area contributed by atoms with Crippen molar-refractivity contribution in [1.82, 2.24) is 0 Å². The summed E-state index contributed by atoms with van der Waals surface area (Å²) < 4.78 is 0. The molecule has 2 aliphatic carbocycles. The number of phenols is 1. The number of hydrogen-bond acceptors (Lipinski definition) is 1. The molecule has 0 fully saturated rings. The maximum absolute atomic E-state index is 10.2. The van der Waals surface area contributed by atoms with E-state index >= 15 is 0 Å². The first-order chi connectivity index (χ1) is 8.84. The number of rotatable bonds is 0. The minimum atomic E-state index is 0.374. The molecule has 0 atom stereocenters. The summed E-state index contributed by atoms with van der Waals surface area (Å²) in [4.78, 5) is 0. The van der Waals surface area contributed by atoms with Crippen LogP contribution in [0.2, 0.25) is 0 Å². The molecule has 1 N–H and O–H groups in total. The molecule has 0 spiro atoms. The van der Waals surface area contributed by atoms with Gasteiger partial charge in [-0.2, -0.15) is 0 Å². The molecule has 0 amide bonds. The number of allylic oxidation sites excluding steroid dienone is 6. The van der Waals surface area contributed by atoms with E-state index in [0.717, 1.165) is 17.2 Å². The van der Waals surface area contributed by atoms with E-state index in [1.807, 2.05) is 24.3 Å². The van der Waals surface area contributed by atoms with Crippen molar-refractivity contribution >= 4 is 16.3 Å². The first-order valence-electron chi connectivity index (χ1n) is 6.17. The van der Waals surface area contributed by atoms with E-state index < -0.39 is 0 Å². The second kappa shape index (κ2) is 3.36. The summed E-state index contributed by atoms with van der Waals surface area (Å²) >= 11 is 0. The van der Waals surface area contributed by atoms with Gasteiger partial charge in [-0.3, -0.25) is 0 Å². The van der Waals surface area contributed by atoms with E-state index in [9.17, 15) is 5.11 Å². The van der Waals surface area contributed by atoms with Gasteiger partial charge in [0.15, 0.2) is 0 Å². The molecule has 86 valence electrons. The summed E-state index contributed by atoms with van der Waals surface area (Å²) in [6.07, 6.45) is 9.53. The van der Waals surface area contributed by atoms with Crippen molar-refractivity contribution in [2.45, 2.75) is 6.42 Å². The number of phenolic OH excluding ortho intramolecular Hbond substituents is 1. The minimum absolute atomic E-state index is 0.374. The topological polar surface area (TPSA) is 20.2 Å². The summed E-state index contributed by atoms with van der Waals surface area (Å²) in [6, 6.07) is 9.97. The van der Waals surface area contributed by atoms with Gasteiger partial charge < -0.3 is 5.11 Å². The Morgan fingerprint density at radius 1 is 1.06 bits per heavy atom. The minimum Gasteiger partial charge on any atom is -0.507 e. The molecule has 0 radical (unpaired) electrons. The molecule has 0 saturated carbocycles. The standard InChI is InChI=1S/C17H12O/c18-17-10-16-12-7-3-4-11(12)8-9-14(16)13-5-1-2-6-15(13)17/h1-8,10,18H,9H2. The van der Waals surface area contributed by atoms with E-state index in [2.05, 4.69) is 30.4 Å². The fourth-order valence-electron chi connectivity index (χ4n) is 2.95. The maximum atomic E-state index is 10.2. The van der Waals surface area contributed by atoms with Gasteiger partial charge in [-0.1, -0.05) is 48.6 Å². The van der Waals surface area contributed by atoms with Crippen LogP contribution >= 0.6 is 0 Å². The zero-order valence-corrected chi connectivity index (χ0v) is 9.85. The fourth-order valence-corrected chi connectivity index (χ4v) is 2.95. The highest BCUT2D eigenvalue weighted by molar-refractivity contribution is 5.99. The lowest BCUT2D eigenvalue weighted by atomic mass is 9.85. The van der Waals surface area contributed by atoms with Crippen LogP contribution in [0.25, 0.3) is 16.3 Å². The van der Waals surface area contributed by atoms with Crippen LogP contribution in [0.3, 0.4) is 0 Å². The molecule has 2 aromatic rings. The van der Waals surface area contributed by atoms with Crippen molar-refractivity contribution in [1.29, 1.82) is 0 Å². The Bertz CT molecular complexity index is 761. The third-order valence-corrected chi connectivity index (χ3v) is 3.80. The van der Waals surface area contributed by atoms with Crippen molar-refractivity contribution < 1.29 is 5.11 Å². The van der Waals surface area contributed by atoms with Crippen LogP contribution in [-0.4, -0.2) is 5.11 Å². The second-order valence-electron chi connectivity index (χ2n) is 4.77. The van der Waals surface area contributed by atoms with Crippen LogP contribution in [0.1, 0.15) is 11.1 Å². The summed E-state index contributed by atoms with van der Waals surface area (Å²) in [6.45, 7) is 0. The Labute approximate surface area is 105 Å². The van der Waals surface area contributed by atoms with Gasteiger partial charge in [0.25, 0.3) is 0 Å². The molecule has 1 nitrogen and oxygen atoms in total. The summed E-state index contributed by atoms with van der Waals surface area (Å²) in [5.41, 5.74) is 5.00. The molecular formula is C17H12O. The van der Waals surface area contributed by atoms with Gasteiger partial charge in [-0.15, -0.1) is 0 Å². The van der Waals surface area contributed by atoms with Gasteiger partial charge in [-0.25, -0.2) is 0 Å². The van der Waals surface area contributed by atoms with E-state index in [-0.39, 0.29) is 0 Å². The van der Waals surface area contributed by atoms with Gasteiger partial charge in [0.05, 0.1) is 0 Å². The predicted molar refractivity (Wildman–Crippen MR) is 74.5 cm³/mol. The fraction of sp³-hybridized carbons (Fsp3) is 0.0588. The van der Waals surface area contributed by atoms with Crippen LogP contribution < -0.4 is 0 Å². The highest BCUT2D eigenvalue weighted by Crippen LogP contribution is 2.41. The molecular weight excluding hydrogens is 220 g/mol. The van der Waals surface area contributed by atoms with E-state index in [0.29, 0.717) is 5.75 Å². The summed E-state index contributed by atoms with van der Waals surface area (Å²) in [5, 5.41) is 12.3. The average molecular weight is 232 g/mol. The first-order valence-corrected chi connectivity index (χ1v) is 6.17. The molecule has 0 aromatic heterocycles. The molecule has 0 heterocycles. The molecule has 0 aliphatic heterocycles. The lowest BCUT2D eigenvalue weighted by Gasteiger charge is -2.19. The third kappa shape index (κ3) is 1.16. The second-order valence-corrected chi connectivity index (χ2v) is 4.77. The van der Waals surface area contributed by atoms with Crippen LogP contribution in [0, 0.1) is 0 Å². The Morgan fingerprint density at radius 2 is 1.89 bits per heavy atom. The number of hydrogen-bond donors (Lipinski definition) is 1. The quantitative estimate of drug-likeness (QED) is 0.728. The van der Waals surface area contributed by atoms with Crippen molar-refractivity contribution in [3.05, 3.63) is 71.3 Å². The lowest BCUT2D eigenvalue weighted by Crippen LogP contribution is -2.00. The van der Waals surface area contributed by atoms with Crippen molar-refractivity contribution in [2.24, 2.45) is 0 Å². The average Bonchev–Trinajstić information content (AvgIpc) is 2.88. The smallest absolute Gasteiger partial charge is 0.124 e. The molecule has 1 heteroatoms. The van der Waals surface area contributed by atoms with Crippen LogP contribution in [0.5, 0.6) is 5.75 Å². The predicted octanol–water partition coefficient (Wildman–Crippen LogP) is 3.98. The molecule has 2 aromatic carbocycles. The first kappa shape index (κ1) is 9.72. The van der Waals surface area contributed by atoms with Crippen LogP contribution in [-0.2, 0) is 6.42 Å². The Morgan fingerprint density at radius 3 is 2.78 bits per heavy atom. The number of aromatic hydroxyl groups is 1. The maximum Gasteiger partial charge on any atom is 0.124 e.